The van der Waals surface area contributed by atoms with E-state index >= 15 is 0 Å². The highest BCUT2D eigenvalue weighted by atomic mass is 35.5. The van der Waals surface area contributed by atoms with Crippen molar-refractivity contribution in [2.24, 2.45) is 0 Å². The molecule has 0 aliphatic carbocycles. The van der Waals surface area contributed by atoms with E-state index in [0.29, 0.717) is 23.0 Å². The van der Waals surface area contributed by atoms with Gasteiger partial charge in [-0.05, 0) is 24.3 Å². The minimum absolute atomic E-state index is 0.199. The zero-order valence-corrected chi connectivity index (χ0v) is 15.1. The van der Waals surface area contributed by atoms with E-state index in [4.69, 9.17) is 65.2 Å². The Morgan fingerprint density at radius 3 is 1.26 bits per heavy atom. The van der Waals surface area contributed by atoms with Gasteiger partial charge in [0.1, 0.15) is 43.1 Å². The molecule has 0 spiro atoms. The average Bonchev–Trinajstić information content (AvgIpc) is 2.55. The Balaban J connectivity index is 2.06. The third-order valence-electron chi connectivity index (χ3n) is 2.81. The lowest BCUT2D eigenvalue weighted by atomic mass is 10.2. The van der Waals surface area contributed by atoms with Gasteiger partial charge >= 0.3 is 7.69 Å². The maximum atomic E-state index is 6.08. The molecular weight excluding hydrogens is 385 g/mol. The molecule has 0 fully saturated rings. The van der Waals surface area contributed by atoms with Crippen LogP contribution in [0.3, 0.4) is 0 Å². The van der Waals surface area contributed by atoms with Crippen molar-refractivity contribution in [2.45, 2.75) is 0 Å². The van der Waals surface area contributed by atoms with E-state index < -0.39 is 0 Å². The first-order valence-electron chi connectivity index (χ1n) is 6.18. The van der Waals surface area contributed by atoms with Gasteiger partial charge in [0, 0.05) is 0 Å². The molecule has 2 aromatic rings. The first-order chi connectivity index (χ1) is 11.0. The molecule has 0 saturated carbocycles. The van der Waals surface area contributed by atoms with Gasteiger partial charge in [0.05, 0.1) is 14.2 Å². The van der Waals surface area contributed by atoms with E-state index in [0.717, 1.165) is 7.69 Å². The Kier molecular flexibility index (Phi) is 6.42. The number of hydrogen-bond donors (Lipinski definition) is 0. The summed E-state index contributed by atoms with van der Waals surface area (Å²) in [5.74, 6) is 1.48. The summed E-state index contributed by atoms with van der Waals surface area (Å²) in [6.07, 6.45) is 0. The zero-order valence-electron chi connectivity index (χ0n) is 12.0. The lowest BCUT2D eigenvalue weighted by Crippen LogP contribution is -2.11. The van der Waals surface area contributed by atoms with Crippen molar-refractivity contribution in [1.82, 2.24) is 0 Å². The molecule has 0 unspecified atom stereocenters. The Bertz CT molecular complexity index is 652. The molecule has 0 N–H and O–H groups in total. The lowest BCUT2D eigenvalue weighted by molar-refractivity contribution is 0.412. The molecule has 121 valence electrons. The van der Waals surface area contributed by atoms with Gasteiger partial charge < -0.3 is 18.8 Å². The second kappa shape index (κ2) is 8.11. The normalized spacial score (nSPS) is 10.2. The highest BCUT2D eigenvalue weighted by molar-refractivity contribution is 6.45. The first kappa shape index (κ1) is 18.2. The molecule has 0 aromatic heterocycles. The fraction of sp³-hybridized carbons (Fsp3) is 0.143. The molecule has 0 heterocycles. The summed E-state index contributed by atoms with van der Waals surface area (Å²) in [7, 11) is 4.04. The molecule has 2 aromatic carbocycles. The summed E-state index contributed by atoms with van der Waals surface area (Å²) in [6, 6.07) is 6.42. The standard InChI is InChI=1S/C14H10BCl4O4/c1-20-7-3-5-9(13(18)11(7)16)22-15-23-10-6-4-8(21-2)12(17)14(10)19/h3-6H,1-2H3. The van der Waals surface area contributed by atoms with Crippen LogP contribution >= 0.6 is 46.4 Å². The molecule has 0 saturated heterocycles. The third-order valence-corrected chi connectivity index (χ3v) is 4.51. The number of hydrogen-bond acceptors (Lipinski definition) is 4. The van der Waals surface area contributed by atoms with Crippen molar-refractivity contribution >= 4 is 54.1 Å². The van der Waals surface area contributed by atoms with Gasteiger partial charge in [0.15, 0.2) is 0 Å². The second-order valence-electron chi connectivity index (χ2n) is 4.12. The Morgan fingerprint density at radius 1 is 0.609 bits per heavy atom. The molecule has 0 amide bonds. The summed E-state index contributed by atoms with van der Waals surface area (Å²) < 4.78 is 20.7. The molecule has 0 atom stereocenters. The van der Waals surface area contributed by atoms with Gasteiger partial charge in [0.25, 0.3) is 0 Å². The van der Waals surface area contributed by atoms with Gasteiger partial charge in [-0.15, -0.1) is 0 Å². The summed E-state index contributed by atoms with van der Waals surface area (Å²) in [6.45, 7) is 0. The Morgan fingerprint density at radius 2 is 0.913 bits per heavy atom. The van der Waals surface area contributed by atoms with Crippen LogP contribution in [0, 0.1) is 0 Å². The highest BCUT2D eigenvalue weighted by Gasteiger charge is 2.15. The summed E-state index contributed by atoms with van der Waals surface area (Å²) in [4.78, 5) is 0. The largest absolute Gasteiger partial charge is 0.658 e. The maximum absolute atomic E-state index is 6.08. The van der Waals surface area contributed by atoms with Crippen LogP contribution in [0.25, 0.3) is 0 Å². The fourth-order valence-electron chi connectivity index (χ4n) is 1.65. The molecule has 9 heteroatoms. The molecule has 23 heavy (non-hydrogen) atoms. The molecular formula is C14H10BCl4O4. The Hall–Kier alpha value is -1.14. The van der Waals surface area contributed by atoms with E-state index in [1.54, 1.807) is 24.3 Å². The predicted molar refractivity (Wildman–Crippen MR) is 93.0 cm³/mol. The lowest BCUT2D eigenvalue weighted by Gasteiger charge is -2.12. The summed E-state index contributed by atoms with van der Waals surface area (Å²) >= 11 is 24.2. The minimum atomic E-state index is 0.199. The number of benzene rings is 2. The van der Waals surface area contributed by atoms with Crippen LogP contribution in [-0.4, -0.2) is 21.9 Å². The summed E-state index contributed by atoms with van der Waals surface area (Å²) in [5, 5.41) is 0.880. The number of methoxy groups -OCH3 is 2. The molecule has 0 aliphatic rings. The van der Waals surface area contributed by atoms with Gasteiger partial charge in [-0.3, -0.25) is 0 Å². The second-order valence-corrected chi connectivity index (χ2v) is 5.63. The third kappa shape index (κ3) is 4.04. The van der Waals surface area contributed by atoms with Gasteiger partial charge in [0.2, 0.25) is 0 Å². The van der Waals surface area contributed by atoms with Crippen LogP contribution in [0.15, 0.2) is 24.3 Å². The fourth-order valence-corrected chi connectivity index (χ4v) is 2.52. The van der Waals surface area contributed by atoms with E-state index in [1.165, 1.54) is 14.2 Å². The zero-order chi connectivity index (χ0) is 17.0. The first-order valence-corrected chi connectivity index (χ1v) is 7.69. The predicted octanol–water partition coefficient (Wildman–Crippen LogP) is 5.31. The van der Waals surface area contributed by atoms with E-state index in [9.17, 15) is 0 Å². The van der Waals surface area contributed by atoms with E-state index in [2.05, 4.69) is 0 Å². The van der Waals surface area contributed by atoms with Crippen LogP contribution in [-0.2, 0) is 0 Å². The van der Waals surface area contributed by atoms with Gasteiger partial charge in [-0.1, -0.05) is 46.4 Å². The van der Waals surface area contributed by atoms with Gasteiger partial charge in [-0.25, -0.2) is 0 Å². The average molecular weight is 395 g/mol. The smallest absolute Gasteiger partial charge is 0.525 e. The van der Waals surface area contributed by atoms with E-state index in [1.807, 2.05) is 0 Å². The van der Waals surface area contributed by atoms with Gasteiger partial charge in [-0.2, -0.15) is 0 Å². The molecule has 0 aliphatic heterocycles. The van der Waals surface area contributed by atoms with Crippen LogP contribution < -0.4 is 18.8 Å². The topological polar surface area (TPSA) is 36.9 Å². The number of ether oxygens (including phenoxy) is 2. The minimum Gasteiger partial charge on any atom is -0.525 e. The van der Waals surface area contributed by atoms with Crippen molar-refractivity contribution in [3.63, 3.8) is 0 Å². The molecule has 2 rings (SSSR count). The molecule has 4 nitrogen and oxygen atoms in total. The number of rotatable bonds is 6. The number of halogens is 4. The van der Waals surface area contributed by atoms with E-state index in [-0.39, 0.29) is 20.1 Å². The monoisotopic (exact) mass is 393 g/mol. The van der Waals surface area contributed by atoms with Crippen LogP contribution in [0.4, 0.5) is 0 Å². The Labute approximate surface area is 154 Å². The van der Waals surface area contributed by atoms with Crippen LogP contribution in [0.2, 0.25) is 20.1 Å². The van der Waals surface area contributed by atoms with Crippen molar-refractivity contribution < 1.29 is 18.8 Å². The van der Waals surface area contributed by atoms with Crippen LogP contribution in [0.1, 0.15) is 0 Å². The van der Waals surface area contributed by atoms with Crippen molar-refractivity contribution in [3.05, 3.63) is 44.4 Å². The quantitative estimate of drug-likeness (QED) is 0.622. The SMILES string of the molecule is COc1ccc(O[B]Oc2ccc(OC)c(Cl)c2Cl)c(Cl)c1Cl. The maximum Gasteiger partial charge on any atom is 0.658 e. The summed E-state index contributed by atoms with van der Waals surface area (Å²) in [5.41, 5.74) is 0. The molecule has 0 bridgehead atoms. The van der Waals surface area contributed by atoms with Crippen molar-refractivity contribution in [3.8, 4) is 23.0 Å². The van der Waals surface area contributed by atoms with Crippen molar-refractivity contribution in [1.29, 1.82) is 0 Å². The van der Waals surface area contributed by atoms with Crippen molar-refractivity contribution in [2.75, 3.05) is 14.2 Å². The van der Waals surface area contributed by atoms with Crippen LogP contribution in [0.5, 0.6) is 23.0 Å². The highest BCUT2D eigenvalue weighted by Crippen LogP contribution is 2.40. The molecule has 1 radical (unpaired) electrons.